The van der Waals surface area contributed by atoms with Crippen molar-refractivity contribution in [2.24, 2.45) is 0 Å². The highest BCUT2D eigenvalue weighted by Gasteiger charge is 2.21. The van der Waals surface area contributed by atoms with E-state index in [0.717, 1.165) is 10.0 Å². The molecule has 2 aromatic rings. The van der Waals surface area contributed by atoms with Gasteiger partial charge in [-0.05, 0) is 21.5 Å². The minimum absolute atomic E-state index is 0.00404. The predicted octanol–water partition coefficient (Wildman–Crippen LogP) is 2.35. The third kappa shape index (κ3) is 4.26. The maximum atomic E-state index is 12.4. The van der Waals surface area contributed by atoms with E-state index < -0.39 is 0 Å². The van der Waals surface area contributed by atoms with Crippen LogP contribution in [0.5, 0.6) is 0 Å². The first kappa shape index (κ1) is 15.4. The lowest BCUT2D eigenvalue weighted by molar-refractivity contribution is -0.129. The molecular formula is C15H17BrN4O. The Kier molecular flexibility index (Phi) is 5.27. The molecule has 110 valence electrons. The molecule has 0 spiro atoms. The summed E-state index contributed by atoms with van der Waals surface area (Å²) in [5.74, 6) is 0.616. The van der Waals surface area contributed by atoms with Crippen molar-refractivity contribution < 1.29 is 4.79 Å². The summed E-state index contributed by atoms with van der Waals surface area (Å²) in [6, 6.07) is 9.52. The zero-order chi connectivity index (χ0) is 15.2. The first-order valence-electron chi connectivity index (χ1n) is 6.55. The van der Waals surface area contributed by atoms with Gasteiger partial charge in [0.15, 0.2) is 0 Å². The summed E-state index contributed by atoms with van der Waals surface area (Å²) < 4.78 is 0.731. The van der Waals surface area contributed by atoms with Crippen LogP contribution in [0.3, 0.4) is 0 Å². The number of likely N-dealkylation sites (N-methyl/N-ethyl adjacent to an activating group) is 1. The van der Waals surface area contributed by atoms with Crippen molar-refractivity contribution >= 4 is 27.7 Å². The number of anilines is 1. The first-order chi connectivity index (χ1) is 10.1. The molecule has 0 saturated carbocycles. The van der Waals surface area contributed by atoms with E-state index in [0.29, 0.717) is 12.2 Å². The van der Waals surface area contributed by atoms with Crippen LogP contribution in [-0.2, 0) is 11.2 Å². The fourth-order valence-electron chi connectivity index (χ4n) is 1.95. The highest BCUT2D eigenvalue weighted by atomic mass is 79.9. The molecule has 1 N–H and O–H groups in total. The van der Waals surface area contributed by atoms with Crippen LogP contribution in [-0.4, -0.2) is 40.9 Å². The topological polar surface area (TPSA) is 58.1 Å². The number of nitrogens with zero attached hydrogens (tertiary/aromatic N) is 3. The Labute approximate surface area is 132 Å². The van der Waals surface area contributed by atoms with E-state index >= 15 is 0 Å². The quantitative estimate of drug-likeness (QED) is 0.900. The minimum Gasteiger partial charge on any atom is -0.357 e. The molecule has 1 atom stereocenters. The van der Waals surface area contributed by atoms with Gasteiger partial charge in [-0.15, -0.1) is 0 Å². The van der Waals surface area contributed by atoms with Crippen LogP contribution in [0.4, 0.5) is 5.82 Å². The minimum atomic E-state index is -0.381. The standard InChI is InChI=1S/C15H17BrN4O/c1-20(2)15(21)13(8-11-6-4-3-5-7-11)19-14-12(16)9-17-10-18-14/h3-7,9-10,13H,8H2,1-2H3,(H,17,18,19)/t13-/m0/s1. The summed E-state index contributed by atoms with van der Waals surface area (Å²) in [6.07, 6.45) is 3.69. The third-order valence-corrected chi connectivity index (χ3v) is 3.58. The molecule has 5 nitrogen and oxygen atoms in total. The first-order valence-corrected chi connectivity index (χ1v) is 7.34. The molecule has 0 radical (unpaired) electrons. The Hall–Kier alpha value is -1.95. The third-order valence-electron chi connectivity index (χ3n) is 3.00. The van der Waals surface area contributed by atoms with Crippen molar-refractivity contribution in [1.29, 1.82) is 0 Å². The van der Waals surface area contributed by atoms with Crippen molar-refractivity contribution in [3.63, 3.8) is 0 Å². The number of hydrogen-bond donors (Lipinski definition) is 1. The molecule has 1 heterocycles. The van der Waals surface area contributed by atoms with Crippen LogP contribution in [0, 0.1) is 0 Å². The number of hydrogen-bond acceptors (Lipinski definition) is 4. The molecule has 0 bridgehead atoms. The van der Waals surface area contributed by atoms with Crippen LogP contribution in [0.25, 0.3) is 0 Å². The molecular weight excluding hydrogens is 332 g/mol. The lowest BCUT2D eigenvalue weighted by atomic mass is 10.0. The molecule has 21 heavy (non-hydrogen) atoms. The second-order valence-electron chi connectivity index (χ2n) is 4.84. The Balaban J connectivity index is 2.20. The summed E-state index contributed by atoms with van der Waals surface area (Å²) in [6.45, 7) is 0. The largest absolute Gasteiger partial charge is 0.357 e. The van der Waals surface area contributed by atoms with Gasteiger partial charge in [-0.25, -0.2) is 9.97 Å². The Bertz CT molecular complexity index is 604. The van der Waals surface area contributed by atoms with E-state index in [1.165, 1.54) is 6.33 Å². The summed E-state index contributed by atoms with van der Waals surface area (Å²) in [5.41, 5.74) is 1.09. The van der Waals surface area contributed by atoms with Gasteiger partial charge in [0.1, 0.15) is 18.2 Å². The summed E-state index contributed by atoms with van der Waals surface area (Å²) in [7, 11) is 3.49. The summed E-state index contributed by atoms with van der Waals surface area (Å²) in [4.78, 5) is 22.0. The van der Waals surface area contributed by atoms with Crippen LogP contribution in [0.2, 0.25) is 0 Å². The molecule has 0 aliphatic heterocycles. The smallest absolute Gasteiger partial charge is 0.244 e. The fraction of sp³-hybridized carbons (Fsp3) is 0.267. The maximum absolute atomic E-state index is 12.4. The second-order valence-corrected chi connectivity index (χ2v) is 5.69. The van der Waals surface area contributed by atoms with Crippen molar-refractivity contribution in [1.82, 2.24) is 14.9 Å². The van der Waals surface area contributed by atoms with Crippen LogP contribution >= 0.6 is 15.9 Å². The molecule has 0 fully saturated rings. The van der Waals surface area contributed by atoms with Crippen LogP contribution in [0.15, 0.2) is 47.3 Å². The number of benzene rings is 1. The highest BCUT2D eigenvalue weighted by Crippen LogP contribution is 2.19. The summed E-state index contributed by atoms with van der Waals surface area (Å²) >= 11 is 3.38. The van der Waals surface area contributed by atoms with Crippen molar-refractivity contribution in [2.45, 2.75) is 12.5 Å². The molecule has 6 heteroatoms. The van der Waals surface area contributed by atoms with E-state index in [-0.39, 0.29) is 11.9 Å². The Morgan fingerprint density at radius 2 is 2.05 bits per heavy atom. The molecule has 0 aliphatic rings. The van der Waals surface area contributed by atoms with Crippen molar-refractivity contribution in [3.8, 4) is 0 Å². The van der Waals surface area contributed by atoms with E-state index in [1.807, 2.05) is 30.3 Å². The van der Waals surface area contributed by atoms with Gasteiger partial charge in [0, 0.05) is 26.7 Å². The van der Waals surface area contributed by atoms with Gasteiger partial charge in [0.25, 0.3) is 0 Å². The molecule has 2 rings (SSSR count). The molecule has 1 aromatic heterocycles. The average molecular weight is 349 g/mol. The number of nitrogens with one attached hydrogen (secondary N) is 1. The average Bonchev–Trinajstić information content (AvgIpc) is 2.49. The second kappa shape index (κ2) is 7.17. The summed E-state index contributed by atoms with van der Waals surface area (Å²) in [5, 5.41) is 3.19. The molecule has 1 amide bonds. The van der Waals surface area contributed by atoms with Gasteiger partial charge >= 0.3 is 0 Å². The Morgan fingerprint density at radius 3 is 2.67 bits per heavy atom. The molecule has 0 saturated heterocycles. The van der Waals surface area contributed by atoms with Crippen molar-refractivity contribution in [3.05, 3.63) is 52.9 Å². The van der Waals surface area contributed by atoms with Crippen molar-refractivity contribution in [2.75, 3.05) is 19.4 Å². The Morgan fingerprint density at radius 1 is 1.33 bits per heavy atom. The van der Waals surface area contributed by atoms with E-state index in [9.17, 15) is 4.79 Å². The van der Waals surface area contributed by atoms with E-state index in [1.54, 1.807) is 25.2 Å². The van der Waals surface area contributed by atoms with E-state index in [4.69, 9.17) is 0 Å². The van der Waals surface area contributed by atoms with E-state index in [2.05, 4.69) is 31.2 Å². The zero-order valence-electron chi connectivity index (χ0n) is 12.0. The van der Waals surface area contributed by atoms with Gasteiger partial charge in [0.2, 0.25) is 5.91 Å². The fourth-order valence-corrected chi connectivity index (χ4v) is 2.28. The number of carbonyl (C=O) groups excluding carboxylic acids is 1. The maximum Gasteiger partial charge on any atom is 0.244 e. The molecule has 0 aliphatic carbocycles. The van der Waals surface area contributed by atoms with Gasteiger partial charge in [-0.2, -0.15) is 0 Å². The number of carbonyl (C=O) groups is 1. The van der Waals surface area contributed by atoms with Crippen LogP contribution < -0.4 is 5.32 Å². The molecule has 0 unspecified atom stereocenters. The van der Waals surface area contributed by atoms with Crippen LogP contribution in [0.1, 0.15) is 5.56 Å². The number of rotatable bonds is 5. The SMILES string of the molecule is CN(C)C(=O)[C@H](Cc1ccccc1)Nc1ncncc1Br. The monoisotopic (exact) mass is 348 g/mol. The van der Waals surface area contributed by atoms with Gasteiger partial charge in [-0.1, -0.05) is 30.3 Å². The normalized spacial score (nSPS) is 11.8. The highest BCUT2D eigenvalue weighted by molar-refractivity contribution is 9.10. The van der Waals surface area contributed by atoms with Gasteiger partial charge < -0.3 is 10.2 Å². The number of aromatic nitrogens is 2. The molecule has 1 aromatic carbocycles. The zero-order valence-corrected chi connectivity index (χ0v) is 13.5. The lowest BCUT2D eigenvalue weighted by Gasteiger charge is -2.22. The number of halogens is 1. The van der Waals surface area contributed by atoms with Gasteiger partial charge in [-0.3, -0.25) is 4.79 Å². The lowest BCUT2D eigenvalue weighted by Crippen LogP contribution is -2.40. The predicted molar refractivity (Wildman–Crippen MR) is 86.0 cm³/mol. The number of amides is 1. The van der Waals surface area contributed by atoms with Gasteiger partial charge in [0.05, 0.1) is 4.47 Å².